The van der Waals surface area contributed by atoms with Crippen molar-refractivity contribution >= 4 is 27.7 Å². The molecule has 108 valence electrons. The fraction of sp³-hybridized carbons (Fsp3) is 0. The molecular formula is C13H10N2O5S. The lowest BCUT2D eigenvalue weighted by Crippen LogP contribution is -2.15. The van der Waals surface area contributed by atoms with Crippen LogP contribution in [0.5, 0.6) is 0 Å². The third-order valence-corrected chi connectivity index (χ3v) is 4.10. The van der Waals surface area contributed by atoms with E-state index >= 15 is 0 Å². The first-order valence-corrected chi connectivity index (χ1v) is 7.24. The third-order valence-electron chi connectivity index (χ3n) is 2.68. The van der Waals surface area contributed by atoms with Gasteiger partial charge in [0, 0.05) is 11.6 Å². The summed E-state index contributed by atoms with van der Waals surface area (Å²) >= 11 is 0. The van der Waals surface area contributed by atoms with Gasteiger partial charge in [0.1, 0.15) is 0 Å². The number of nitrogens with one attached hydrogen (secondary N) is 1. The summed E-state index contributed by atoms with van der Waals surface area (Å²) in [5.74, 6) is 0. The molecule has 0 saturated carbocycles. The van der Waals surface area contributed by atoms with Crippen molar-refractivity contribution in [3.63, 3.8) is 0 Å². The van der Waals surface area contributed by atoms with Crippen molar-refractivity contribution in [2.45, 2.75) is 4.90 Å². The zero-order valence-electron chi connectivity index (χ0n) is 10.6. The van der Waals surface area contributed by atoms with Gasteiger partial charge in [-0.05, 0) is 18.2 Å². The van der Waals surface area contributed by atoms with Crippen LogP contribution in [0.3, 0.4) is 0 Å². The molecular weight excluding hydrogens is 296 g/mol. The van der Waals surface area contributed by atoms with Gasteiger partial charge in [-0.25, -0.2) is 8.42 Å². The molecule has 0 heterocycles. The molecule has 0 saturated heterocycles. The Labute approximate surface area is 120 Å². The van der Waals surface area contributed by atoms with E-state index in [0.717, 1.165) is 12.1 Å². The molecule has 0 amide bonds. The van der Waals surface area contributed by atoms with Crippen molar-refractivity contribution in [2.75, 3.05) is 4.72 Å². The number of sulfonamides is 1. The Balaban J connectivity index is 2.49. The number of nitro groups is 1. The number of para-hydroxylation sites is 2. The molecule has 21 heavy (non-hydrogen) atoms. The first kappa shape index (κ1) is 14.7. The maximum Gasteiger partial charge on any atom is 0.289 e. The SMILES string of the molecule is O=Cc1ccccc1NS(=O)(=O)c1ccccc1[N+](=O)[O-]. The van der Waals surface area contributed by atoms with Gasteiger partial charge in [-0.1, -0.05) is 24.3 Å². The van der Waals surface area contributed by atoms with E-state index in [1.54, 1.807) is 12.1 Å². The number of carbonyl (C=O) groups is 1. The second-order valence-electron chi connectivity index (χ2n) is 4.04. The lowest BCUT2D eigenvalue weighted by Gasteiger charge is -2.09. The van der Waals surface area contributed by atoms with E-state index in [0.29, 0.717) is 6.29 Å². The molecule has 0 spiro atoms. The maximum atomic E-state index is 12.3. The first-order valence-electron chi connectivity index (χ1n) is 5.76. The molecule has 0 aromatic heterocycles. The van der Waals surface area contributed by atoms with E-state index in [4.69, 9.17) is 0 Å². The minimum absolute atomic E-state index is 0.0608. The molecule has 2 rings (SSSR count). The van der Waals surface area contributed by atoms with Crippen molar-refractivity contribution in [1.29, 1.82) is 0 Å². The number of nitrogens with zero attached hydrogens (tertiary/aromatic N) is 1. The number of aldehydes is 1. The molecule has 0 fully saturated rings. The lowest BCUT2D eigenvalue weighted by molar-refractivity contribution is -0.387. The van der Waals surface area contributed by atoms with E-state index in [2.05, 4.69) is 4.72 Å². The number of rotatable bonds is 5. The predicted octanol–water partition coefficient (Wildman–Crippen LogP) is 2.21. The molecule has 0 radical (unpaired) electrons. The van der Waals surface area contributed by atoms with Crippen LogP contribution < -0.4 is 4.72 Å². The van der Waals surface area contributed by atoms with Gasteiger partial charge in [0.05, 0.1) is 10.6 Å². The molecule has 0 atom stereocenters. The minimum atomic E-state index is -4.17. The van der Waals surface area contributed by atoms with Crippen LogP contribution in [0.4, 0.5) is 11.4 Å². The molecule has 0 aliphatic rings. The van der Waals surface area contributed by atoms with Crippen LogP contribution in [0, 0.1) is 10.1 Å². The zero-order valence-corrected chi connectivity index (χ0v) is 11.4. The average molecular weight is 306 g/mol. The first-order chi connectivity index (χ1) is 9.95. The minimum Gasteiger partial charge on any atom is -0.298 e. The van der Waals surface area contributed by atoms with Crippen LogP contribution in [0.2, 0.25) is 0 Å². The summed E-state index contributed by atoms with van der Waals surface area (Å²) in [6.45, 7) is 0. The van der Waals surface area contributed by atoms with Crippen LogP contribution in [-0.4, -0.2) is 19.6 Å². The summed E-state index contributed by atoms with van der Waals surface area (Å²) in [7, 11) is -4.17. The van der Waals surface area contributed by atoms with Gasteiger partial charge < -0.3 is 0 Å². The number of nitro benzene ring substituents is 1. The van der Waals surface area contributed by atoms with E-state index < -0.39 is 25.5 Å². The number of hydrogen-bond acceptors (Lipinski definition) is 5. The van der Waals surface area contributed by atoms with E-state index in [9.17, 15) is 23.3 Å². The van der Waals surface area contributed by atoms with Crippen LogP contribution in [-0.2, 0) is 10.0 Å². The summed E-state index contributed by atoms with van der Waals surface area (Å²) in [6, 6.07) is 10.9. The van der Waals surface area contributed by atoms with Crippen molar-refractivity contribution in [3.8, 4) is 0 Å². The topological polar surface area (TPSA) is 106 Å². The van der Waals surface area contributed by atoms with Crippen molar-refractivity contribution in [1.82, 2.24) is 0 Å². The van der Waals surface area contributed by atoms with E-state index in [1.807, 2.05) is 0 Å². The Morgan fingerprint density at radius 1 is 1.05 bits per heavy atom. The fourth-order valence-corrected chi connectivity index (χ4v) is 2.99. The van der Waals surface area contributed by atoms with Crippen LogP contribution in [0.1, 0.15) is 10.4 Å². The van der Waals surface area contributed by atoms with Gasteiger partial charge in [-0.2, -0.15) is 0 Å². The quantitative estimate of drug-likeness (QED) is 0.518. The number of benzene rings is 2. The van der Waals surface area contributed by atoms with E-state index in [-0.39, 0.29) is 11.3 Å². The normalized spacial score (nSPS) is 10.9. The van der Waals surface area contributed by atoms with Gasteiger partial charge in [0.2, 0.25) is 0 Å². The smallest absolute Gasteiger partial charge is 0.289 e. The second kappa shape index (κ2) is 5.71. The molecule has 0 aliphatic heterocycles. The molecule has 0 unspecified atom stereocenters. The Morgan fingerprint density at radius 3 is 2.33 bits per heavy atom. The molecule has 0 bridgehead atoms. The van der Waals surface area contributed by atoms with Gasteiger partial charge in [-0.3, -0.25) is 19.6 Å². The van der Waals surface area contributed by atoms with Gasteiger partial charge in [-0.15, -0.1) is 0 Å². The monoisotopic (exact) mass is 306 g/mol. The third kappa shape index (κ3) is 3.06. The van der Waals surface area contributed by atoms with Gasteiger partial charge in [0.25, 0.3) is 15.7 Å². The average Bonchev–Trinajstić information content (AvgIpc) is 2.47. The zero-order chi connectivity index (χ0) is 15.5. The maximum absolute atomic E-state index is 12.3. The number of anilines is 1. The Hall–Kier alpha value is -2.74. The summed E-state index contributed by atoms with van der Waals surface area (Å²) in [5.41, 5.74) is -0.334. The standard InChI is InChI=1S/C13H10N2O5S/c16-9-10-5-1-2-6-11(10)14-21(19,20)13-8-4-3-7-12(13)15(17)18/h1-9,14H. The second-order valence-corrected chi connectivity index (χ2v) is 5.69. The highest BCUT2D eigenvalue weighted by atomic mass is 32.2. The van der Waals surface area contributed by atoms with Gasteiger partial charge in [0.15, 0.2) is 11.2 Å². The molecule has 8 heteroatoms. The molecule has 0 aliphatic carbocycles. The van der Waals surface area contributed by atoms with Crippen LogP contribution in [0.25, 0.3) is 0 Å². The Morgan fingerprint density at radius 2 is 1.67 bits per heavy atom. The summed E-state index contributed by atoms with van der Waals surface area (Å²) in [6.07, 6.45) is 0.497. The van der Waals surface area contributed by atoms with Gasteiger partial charge >= 0.3 is 0 Å². The number of hydrogen-bond donors (Lipinski definition) is 1. The highest BCUT2D eigenvalue weighted by Gasteiger charge is 2.25. The van der Waals surface area contributed by atoms with Crippen LogP contribution in [0.15, 0.2) is 53.4 Å². The van der Waals surface area contributed by atoms with Crippen molar-refractivity contribution < 1.29 is 18.1 Å². The highest BCUT2D eigenvalue weighted by Crippen LogP contribution is 2.26. The molecule has 7 nitrogen and oxygen atoms in total. The number of carbonyl (C=O) groups excluding carboxylic acids is 1. The summed E-state index contributed by atoms with van der Waals surface area (Å²) < 4.78 is 26.7. The van der Waals surface area contributed by atoms with Crippen molar-refractivity contribution in [3.05, 3.63) is 64.2 Å². The molecule has 1 N–H and O–H groups in total. The summed E-state index contributed by atoms with van der Waals surface area (Å²) in [5, 5.41) is 10.9. The molecule has 2 aromatic carbocycles. The van der Waals surface area contributed by atoms with Crippen LogP contribution >= 0.6 is 0 Å². The lowest BCUT2D eigenvalue weighted by atomic mass is 10.2. The fourth-order valence-electron chi connectivity index (χ4n) is 1.73. The largest absolute Gasteiger partial charge is 0.298 e. The Bertz CT molecular complexity index is 802. The van der Waals surface area contributed by atoms with Crippen molar-refractivity contribution in [2.24, 2.45) is 0 Å². The van der Waals surface area contributed by atoms with E-state index in [1.165, 1.54) is 24.3 Å². The Kier molecular flexibility index (Phi) is 3.99. The predicted molar refractivity (Wildman–Crippen MR) is 75.7 cm³/mol. The summed E-state index contributed by atoms with van der Waals surface area (Å²) in [4.78, 5) is 20.5. The highest BCUT2D eigenvalue weighted by molar-refractivity contribution is 7.92. The molecule has 2 aromatic rings.